The Morgan fingerprint density at radius 1 is 0.472 bits per heavy atom. The number of aromatic amines is 2. The molecule has 0 saturated carbocycles. The van der Waals surface area contributed by atoms with E-state index in [4.69, 9.17) is 11.6 Å². The van der Waals surface area contributed by atoms with Crippen LogP contribution in [0.3, 0.4) is 0 Å². The van der Waals surface area contributed by atoms with Crippen LogP contribution in [0.5, 0.6) is 0 Å². The lowest BCUT2D eigenvalue weighted by Crippen LogP contribution is -2.14. The molecule has 0 aliphatic heterocycles. The predicted molar refractivity (Wildman–Crippen MR) is 213 cm³/mol. The Balaban J connectivity index is 0.000000164. The maximum Gasteiger partial charge on any atom is 0.214 e. The van der Waals surface area contributed by atoms with E-state index >= 15 is 0 Å². The number of benzene rings is 6. The van der Waals surface area contributed by atoms with Crippen molar-refractivity contribution in [1.29, 1.82) is 0 Å². The second kappa shape index (κ2) is 15.8. The number of hydrogen-bond acceptors (Lipinski definition) is 4. The van der Waals surface area contributed by atoms with Crippen molar-refractivity contribution < 1.29 is 9.85 Å². The van der Waals surface area contributed by atoms with E-state index in [9.17, 15) is 20.2 Å². The molecule has 9 heteroatoms. The zero-order chi connectivity index (χ0) is 36.7. The fourth-order valence-electron chi connectivity index (χ4n) is 7.12. The SMILES string of the molecule is O=[N+]([O-])CC(c1ccccc1)c1c(-c2ccc(Cl)cc2)[nH]c2ccccc12.O=[N+]([O-])CC(c1ccccc1)c1c(-c2ccccc2)[nH]c2ccccc12. The van der Waals surface area contributed by atoms with Gasteiger partial charge in [0.25, 0.3) is 0 Å². The second-order valence-corrected chi connectivity index (χ2v) is 13.2. The maximum absolute atomic E-state index is 11.5. The maximum atomic E-state index is 11.5. The van der Waals surface area contributed by atoms with Crippen molar-refractivity contribution in [2.45, 2.75) is 11.8 Å². The molecule has 0 spiro atoms. The molecule has 6 aromatic carbocycles. The summed E-state index contributed by atoms with van der Waals surface area (Å²) in [6, 6.07) is 52.8. The minimum absolute atomic E-state index is 0.147. The summed E-state index contributed by atoms with van der Waals surface area (Å²) in [6.07, 6.45) is 0. The first kappa shape index (κ1) is 34.9. The molecule has 2 unspecified atom stereocenters. The number of H-pyrrole nitrogens is 2. The number of rotatable bonds is 10. The van der Waals surface area contributed by atoms with Gasteiger partial charge >= 0.3 is 0 Å². The van der Waals surface area contributed by atoms with Gasteiger partial charge in [0.05, 0.1) is 23.2 Å². The van der Waals surface area contributed by atoms with Gasteiger partial charge in [0, 0.05) is 36.7 Å². The molecular weight excluding hydrogens is 684 g/mol. The summed E-state index contributed by atoms with van der Waals surface area (Å²) in [7, 11) is 0. The van der Waals surface area contributed by atoms with Gasteiger partial charge in [0.15, 0.2) is 0 Å². The number of fused-ring (bicyclic) bond motifs is 2. The number of nitrogens with one attached hydrogen (secondary N) is 2. The van der Waals surface area contributed by atoms with Gasteiger partial charge in [-0.15, -0.1) is 0 Å². The van der Waals surface area contributed by atoms with Crippen LogP contribution < -0.4 is 0 Å². The van der Waals surface area contributed by atoms with E-state index in [1.54, 1.807) is 0 Å². The van der Waals surface area contributed by atoms with Crippen LogP contribution in [0.25, 0.3) is 44.3 Å². The molecule has 2 aromatic heterocycles. The Kier molecular flexibility index (Phi) is 10.4. The molecule has 0 saturated heterocycles. The van der Waals surface area contributed by atoms with Crippen LogP contribution in [0.2, 0.25) is 5.02 Å². The highest BCUT2D eigenvalue weighted by molar-refractivity contribution is 6.30. The van der Waals surface area contributed by atoms with Crippen molar-refractivity contribution in [2.75, 3.05) is 13.1 Å². The molecule has 262 valence electrons. The van der Waals surface area contributed by atoms with E-state index in [0.717, 1.165) is 66.6 Å². The Morgan fingerprint density at radius 3 is 1.25 bits per heavy atom. The van der Waals surface area contributed by atoms with Crippen LogP contribution in [-0.4, -0.2) is 32.9 Å². The fraction of sp³-hybridized carbons (Fsp3) is 0.0909. The Morgan fingerprint density at radius 2 is 0.830 bits per heavy atom. The monoisotopic (exact) mass is 718 g/mol. The van der Waals surface area contributed by atoms with E-state index < -0.39 is 0 Å². The first-order valence-electron chi connectivity index (χ1n) is 17.2. The standard InChI is InChI=1S/C22H17ClN2O2.C22H18N2O2/c23-17-12-10-16(11-13-17)22-21(18-8-4-5-9-20(18)24-22)19(14-25(26)27)15-6-2-1-3-7-15;25-24(26)15-19(16-9-3-1-4-10-16)21-18-13-7-8-14-20(18)23-22(21)17-11-5-2-6-12-17/h1-13,19,24H,14H2;1-14,19,23H,15H2. The number of aromatic nitrogens is 2. The van der Waals surface area contributed by atoms with Crippen molar-refractivity contribution in [3.8, 4) is 22.5 Å². The average molecular weight is 719 g/mol. The number of halogens is 1. The van der Waals surface area contributed by atoms with Crippen molar-refractivity contribution >= 4 is 33.4 Å². The number of para-hydroxylation sites is 2. The molecule has 0 amide bonds. The van der Waals surface area contributed by atoms with E-state index in [1.807, 2.05) is 164 Å². The molecule has 53 heavy (non-hydrogen) atoms. The predicted octanol–water partition coefficient (Wildman–Crippen LogP) is 11.1. The summed E-state index contributed by atoms with van der Waals surface area (Å²) in [5, 5.41) is 25.6. The van der Waals surface area contributed by atoms with E-state index in [0.29, 0.717) is 5.02 Å². The largest absolute Gasteiger partial charge is 0.354 e. The molecular formula is C44H35ClN4O4. The van der Waals surface area contributed by atoms with Crippen LogP contribution in [0.15, 0.2) is 164 Å². The highest BCUT2D eigenvalue weighted by Gasteiger charge is 2.28. The van der Waals surface area contributed by atoms with Gasteiger partial charge in [-0.25, -0.2) is 0 Å². The Bertz CT molecular complexity index is 2480. The van der Waals surface area contributed by atoms with Gasteiger partial charge in [-0.1, -0.05) is 151 Å². The molecule has 2 N–H and O–H groups in total. The van der Waals surface area contributed by atoms with Crippen LogP contribution in [-0.2, 0) is 0 Å². The summed E-state index contributed by atoms with van der Waals surface area (Å²) in [4.78, 5) is 29.4. The smallest absolute Gasteiger partial charge is 0.214 e. The van der Waals surface area contributed by atoms with Crippen LogP contribution in [0.1, 0.15) is 34.1 Å². The van der Waals surface area contributed by atoms with E-state index in [1.165, 1.54) is 0 Å². The van der Waals surface area contributed by atoms with Gasteiger partial charge in [-0.2, -0.15) is 0 Å². The molecule has 8 aromatic rings. The highest BCUT2D eigenvalue weighted by Crippen LogP contribution is 2.40. The molecule has 8 rings (SSSR count). The topological polar surface area (TPSA) is 118 Å². The third-order valence-electron chi connectivity index (χ3n) is 9.45. The number of hydrogen-bond donors (Lipinski definition) is 2. The van der Waals surface area contributed by atoms with E-state index in [-0.39, 0.29) is 34.8 Å². The third kappa shape index (κ3) is 7.73. The highest BCUT2D eigenvalue weighted by atomic mass is 35.5. The molecule has 8 nitrogen and oxygen atoms in total. The molecule has 0 bridgehead atoms. The minimum atomic E-state index is -0.358. The first-order chi connectivity index (χ1) is 25.9. The Hall–Kier alpha value is -6.51. The lowest BCUT2D eigenvalue weighted by Gasteiger charge is -2.16. The zero-order valence-electron chi connectivity index (χ0n) is 28.6. The summed E-state index contributed by atoms with van der Waals surface area (Å²) < 4.78 is 0. The lowest BCUT2D eigenvalue weighted by molar-refractivity contribution is -0.481. The minimum Gasteiger partial charge on any atom is -0.354 e. The van der Waals surface area contributed by atoms with Crippen LogP contribution in [0, 0.1) is 20.2 Å². The normalized spacial score (nSPS) is 12.2. The molecule has 2 atom stereocenters. The number of nitro groups is 2. The molecule has 0 aliphatic carbocycles. The van der Waals surface area contributed by atoms with Crippen molar-refractivity contribution in [2.24, 2.45) is 0 Å². The molecule has 0 aliphatic rings. The average Bonchev–Trinajstić information content (AvgIpc) is 3.77. The van der Waals surface area contributed by atoms with Gasteiger partial charge < -0.3 is 9.97 Å². The van der Waals surface area contributed by atoms with Gasteiger partial charge in [0.1, 0.15) is 0 Å². The quantitative estimate of drug-likeness (QED) is 0.108. The van der Waals surface area contributed by atoms with Crippen LogP contribution in [0.4, 0.5) is 0 Å². The summed E-state index contributed by atoms with van der Waals surface area (Å²) in [5.41, 5.74) is 9.57. The molecule has 2 heterocycles. The number of nitrogens with zero attached hydrogens (tertiary/aromatic N) is 2. The van der Waals surface area contributed by atoms with Gasteiger partial charge in [0.2, 0.25) is 13.1 Å². The molecule has 0 radical (unpaired) electrons. The van der Waals surface area contributed by atoms with E-state index in [2.05, 4.69) is 9.97 Å². The summed E-state index contributed by atoms with van der Waals surface area (Å²) in [5.74, 6) is -0.680. The fourth-order valence-corrected chi connectivity index (χ4v) is 7.25. The second-order valence-electron chi connectivity index (χ2n) is 12.7. The zero-order valence-corrected chi connectivity index (χ0v) is 29.3. The van der Waals surface area contributed by atoms with Crippen molar-refractivity contribution in [3.05, 3.63) is 211 Å². The summed E-state index contributed by atoms with van der Waals surface area (Å²) in [6.45, 7) is -0.321. The first-order valence-corrected chi connectivity index (χ1v) is 17.6. The summed E-state index contributed by atoms with van der Waals surface area (Å²) >= 11 is 6.05. The van der Waals surface area contributed by atoms with Crippen molar-refractivity contribution in [1.82, 2.24) is 9.97 Å². The third-order valence-corrected chi connectivity index (χ3v) is 9.70. The van der Waals surface area contributed by atoms with Gasteiger partial charge in [-0.3, -0.25) is 20.2 Å². The Labute approximate surface area is 311 Å². The van der Waals surface area contributed by atoms with Gasteiger partial charge in [-0.05, 0) is 57.6 Å². The molecule has 0 fully saturated rings. The van der Waals surface area contributed by atoms with Crippen molar-refractivity contribution in [3.63, 3.8) is 0 Å². The van der Waals surface area contributed by atoms with Crippen LogP contribution >= 0.6 is 11.6 Å². The lowest BCUT2D eigenvalue weighted by atomic mass is 9.87.